The van der Waals surface area contributed by atoms with Crippen LogP contribution in [0.3, 0.4) is 0 Å². The van der Waals surface area contributed by atoms with Crippen LogP contribution in [0.15, 0.2) is 29.3 Å². The average Bonchev–Trinajstić information content (AvgIpc) is 3.08. The average molecular weight is 560 g/mol. The molecule has 2 N–H and O–H groups in total. The highest BCUT2D eigenvalue weighted by atomic mass is 127. The Morgan fingerprint density at radius 3 is 2.77 bits per heavy atom. The summed E-state index contributed by atoms with van der Waals surface area (Å²) in [6.45, 7) is 13.5. The van der Waals surface area contributed by atoms with Crippen molar-refractivity contribution in [2.75, 3.05) is 46.0 Å². The van der Waals surface area contributed by atoms with E-state index in [1.165, 1.54) is 4.88 Å². The van der Waals surface area contributed by atoms with Crippen molar-refractivity contribution in [1.29, 1.82) is 0 Å². The number of thiazole rings is 1. The summed E-state index contributed by atoms with van der Waals surface area (Å²) in [4.78, 5) is 12.8. The first kappa shape index (κ1) is 25.8. The smallest absolute Gasteiger partial charge is 0.191 e. The number of aromatic nitrogens is 1. The molecule has 0 bridgehead atoms. The fraction of sp³-hybridized carbons (Fsp3) is 0.545. The van der Waals surface area contributed by atoms with Crippen molar-refractivity contribution in [2.45, 2.75) is 33.9 Å². The van der Waals surface area contributed by atoms with Crippen LogP contribution >= 0.6 is 35.3 Å². The Labute approximate surface area is 206 Å². The summed E-state index contributed by atoms with van der Waals surface area (Å²) in [5.74, 6) is 1.70. The fourth-order valence-electron chi connectivity index (χ4n) is 3.26. The number of hydrogen-bond donors (Lipinski definition) is 2. The third kappa shape index (κ3) is 8.91. The molecule has 3 rings (SSSR count). The van der Waals surface area contributed by atoms with Crippen LogP contribution in [0.25, 0.3) is 0 Å². The van der Waals surface area contributed by atoms with E-state index in [2.05, 4.69) is 46.5 Å². The van der Waals surface area contributed by atoms with Crippen molar-refractivity contribution in [3.8, 4) is 5.75 Å². The molecule has 0 aliphatic carbocycles. The molecule has 2 aromatic rings. The predicted octanol–water partition coefficient (Wildman–Crippen LogP) is 3.34. The first-order valence-corrected chi connectivity index (χ1v) is 11.4. The van der Waals surface area contributed by atoms with Gasteiger partial charge in [-0.1, -0.05) is 12.1 Å². The lowest BCUT2D eigenvalue weighted by Crippen LogP contribution is -2.38. The van der Waals surface area contributed by atoms with E-state index in [9.17, 15) is 0 Å². The van der Waals surface area contributed by atoms with Crippen molar-refractivity contribution in [3.63, 3.8) is 0 Å². The summed E-state index contributed by atoms with van der Waals surface area (Å²) >= 11 is 1.73. The third-order valence-corrected chi connectivity index (χ3v) is 5.93. The molecule has 0 unspecified atom stereocenters. The van der Waals surface area contributed by atoms with Crippen LogP contribution in [-0.4, -0.2) is 61.8 Å². The van der Waals surface area contributed by atoms with Crippen LogP contribution in [0.1, 0.15) is 28.1 Å². The zero-order chi connectivity index (χ0) is 21.2. The quantitative estimate of drug-likeness (QED) is 0.279. The van der Waals surface area contributed by atoms with E-state index in [0.717, 1.165) is 73.9 Å². The second kappa shape index (κ2) is 13.9. The first-order chi connectivity index (χ1) is 14.6. The van der Waals surface area contributed by atoms with E-state index < -0.39 is 0 Å². The van der Waals surface area contributed by atoms with Crippen LogP contribution in [-0.2, 0) is 17.8 Å². The highest BCUT2D eigenvalue weighted by molar-refractivity contribution is 14.0. The maximum absolute atomic E-state index is 5.96. The lowest BCUT2D eigenvalue weighted by atomic mass is 10.2. The number of benzene rings is 1. The van der Waals surface area contributed by atoms with E-state index in [4.69, 9.17) is 14.5 Å². The molecule has 0 amide bonds. The van der Waals surface area contributed by atoms with Gasteiger partial charge in [-0.05, 0) is 38.5 Å². The molecule has 2 heterocycles. The van der Waals surface area contributed by atoms with Crippen molar-refractivity contribution in [3.05, 3.63) is 45.4 Å². The summed E-state index contributed by atoms with van der Waals surface area (Å²) < 4.78 is 11.3. The van der Waals surface area contributed by atoms with Crippen molar-refractivity contribution >= 4 is 41.3 Å². The number of guanidine groups is 1. The molecule has 0 atom stereocenters. The summed E-state index contributed by atoms with van der Waals surface area (Å²) in [7, 11) is 0. The lowest BCUT2D eigenvalue weighted by Gasteiger charge is -2.26. The molecule has 1 aromatic carbocycles. The van der Waals surface area contributed by atoms with Crippen LogP contribution in [0.2, 0.25) is 0 Å². The molecular weight excluding hydrogens is 525 g/mol. The predicted molar refractivity (Wildman–Crippen MR) is 138 cm³/mol. The largest absolute Gasteiger partial charge is 0.492 e. The van der Waals surface area contributed by atoms with Crippen molar-refractivity contribution in [1.82, 2.24) is 20.5 Å². The lowest BCUT2D eigenvalue weighted by molar-refractivity contribution is 0.0322. The van der Waals surface area contributed by atoms with E-state index in [-0.39, 0.29) is 24.0 Å². The Morgan fingerprint density at radius 2 is 2.06 bits per heavy atom. The van der Waals surface area contributed by atoms with Crippen LogP contribution < -0.4 is 15.4 Å². The molecule has 1 saturated heterocycles. The second-order valence-electron chi connectivity index (χ2n) is 7.24. The summed E-state index contributed by atoms with van der Waals surface area (Å²) in [5, 5.41) is 7.81. The van der Waals surface area contributed by atoms with Gasteiger partial charge in [0.2, 0.25) is 0 Å². The summed E-state index contributed by atoms with van der Waals surface area (Å²) in [5.41, 5.74) is 2.21. The van der Waals surface area contributed by atoms with Gasteiger partial charge in [0.15, 0.2) is 5.96 Å². The van der Waals surface area contributed by atoms with Crippen molar-refractivity contribution < 1.29 is 9.47 Å². The van der Waals surface area contributed by atoms with Gasteiger partial charge in [0.1, 0.15) is 12.4 Å². The molecule has 1 aliphatic heterocycles. The zero-order valence-corrected chi connectivity index (χ0v) is 21.8. The normalized spacial score (nSPS) is 14.7. The number of nitrogens with zero attached hydrogens (tertiary/aromatic N) is 3. The number of nitrogens with one attached hydrogen (secondary N) is 2. The second-order valence-corrected chi connectivity index (χ2v) is 8.53. The fourth-order valence-corrected chi connectivity index (χ4v) is 4.14. The monoisotopic (exact) mass is 559 g/mol. The first-order valence-electron chi connectivity index (χ1n) is 10.6. The summed E-state index contributed by atoms with van der Waals surface area (Å²) in [6, 6.07) is 8.19. The van der Waals surface area contributed by atoms with E-state index >= 15 is 0 Å². The van der Waals surface area contributed by atoms with E-state index in [0.29, 0.717) is 13.2 Å². The molecule has 9 heteroatoms. The Kier molecular flexibility index (Phi) is 11.6. The third-order valence-electron chi connectivity index (χ3n) is 4.86. The Balaban J connectivity index is 0.00000341. The number of aliphatic imine (C=N–C) groups is 1. The molecule has 7 nitrogen and oxygen atoms in total. The minimum absolute atomic E-state index is 0. The standard InChI is InChI=1S/C22H33N5O2S.HI/c1-4-23-22(25-16-21-17(2)26-18(3)30-21)24-15-19-6-5-7-20(14-19)29-13-10-27-8-11-28-12-9-27;/h5-7,14H,4,8-13,15-16H2,1-3H3,(H2,23,24,25);1H. The SMILES string of the molecule is CCNC(=NCc1cccc(OCCN2CCOCC2)c1)NCc1sc(C)nc1C.I. The number of aryl methyl sites for hydroxylation is 2. The van der Waals surface area contributed by atoms with Gasteiger partial charge in [-0.15, -0.1) is 35.3 Å². The van der Waals surface area contributed by atoms with Gasteiger partial charge in [0.05, 0.1) is 37.0 Å². The van der Waals surface area contributed by atoms with Gasteiger partial charge in [0.25, 0.3) is 0 Å². The Bertz CT molecular complexity index is 824. The van der Waals surface area contributed by atoms with Gasteiger partial charge in [-0.2, -0.15) is 0 Å². The number of ether oxygens (including phenoxy) is 2. The molecule has 0 radical (unpaired) electrons. The van der Waals surface area contributed by atoms with Gasteiger partial charge in [-0.25, -0.2) is 9.98 Å². The molecule has 0 saturated carbocycles. The number of morpholine rings is 1. The minimum atomic E-state index is 0. The number of rotatable bonds is 9. The maximum atomic E-state index is 5.96. The van der Waals surface area contributed by atoms with Gasteiger partial charge in [0, 0.05) is 31.1 Å². The molecule has 1 aliphatic rings. The molecule has 0 spiro atoms. The van der Waals surface area contributed by atoms with Gasteiger partial charge >= 0.3 is 0 Å². The molecule has 1 fully saturated rings. The summed E-state index contributed by atoms with van der Waals surface area (Å²) in [6.07, 6.45) is 0. The highest BCUT2D eigenvalue weighted by Gasteiger charge is 2.10. The van der Waals surface area contributed by atoms with Crippen LogP contribution in [0.4, 0.5) is 0 Å². The topological polar surface area (TPSA) is 71.0 Å². The maximum Gasteiger partial charge on any atom is 0.191 e. The van der Waals surface area contributed by atoms with Gasteiger partial charge < -0.3 is 20.1 Å². The minimum Gasteiger partial charge on any atom is -0.492 e. The van der Waals surface area contributed by atoms with Crippen molar-refractivity contribution in [2.24, 2.45) is 4.99 Å². The number of halogens is 1. The van der Waals surface area contributed by atoms with Gasteiger partial charge in [-0.3, -0.25) is 4.90 Å². The molecule has 1 aromatic heterocycles. The van der Waals surface area contributed by atoms with E-state index in [1.807, 2.05) is 19.1 Å². The molecular formula is C22H34IN5O2S. The number of hydrogen-bond acceptors (Lipinski definition) is 6. The molecule has 172 valence electrons. The highest BCUT2D eigenvalue weighted by Crippen LogP contribution is 2.17. The zero-order valence-electron chi connectivity index (χ0n) is 18.6. The molecule has 31 heavy (non-hydrogen) atoms. The van der Waals surface area contributed by atoms with E-state index in [1.54, 1.807) is 11.3 Å². The Morgan fingerprint density at radius 1 is 1.26 bits per heavy atom. The van der Waals surface area contributed by atoms with Crippen LogP contribution in [0, 0.1) is 13.8 Å². The Hall–Kier alpha value is -1.43. The van der Waals surface area contributed by atoms with Crippen LogP contribution in [0.5, 0.6) is 5.75 Å².